The first-order chi connectivity index (χ1) is 18.4. The lowest BCUT2D eigenvalue weighted by Gasteiger charge is -2.54. The number of aryl methyl sites for hydroxylation is 1. The summed E-state index contributed by atoms with van der Waals surface area (Å²) in [5.41, 5.74) is 2.10. The van der Waals surface area contributed by atoms with Gasteiger partial charge in [-0.15, -0.1) is 6.58 Å². The van der Waals surface area contributed by atoms with Crippen LogP contribution in [0.3, 0.4) is 0 Å². The molecule has 0 spiro atoms. The molecule has 1 heterocycles. The molecule has 2 fully saturated rings. The Hall–Kier alpha value is -2.96. The van der Waals surface area contributed by atoms with Gasteiger partial charge in [0.1, 0.15) is 5.75 Å². The van der Waals surface area contributed by atoms with Crippen LogP contribution in [-0.2, 0) is 21.4 Å². The van der Waals surface area contributed by atoms with Gasteiger partial charge in [0.15, 0.2) is 0 Å². The Labute approximate surface area is 227 Å². The van der Waals surface area contributed by atoms with Crippen LogP contribution in [0.15, 0.2) is 67.3 Å². The van der Waals surface area contributed by atoms with Gasteiger partial charge in [-0.05, 0) is 68.3 Å². The Morgan fingerprint density at radius 3 is 2.74 bits per heavy atom. The van der Waals surface area contributed by atoms with Crippen LogP contribution in [0.1, 0.15) is 63.0 Å². The van der Waals surface area contributed by atoms with Crippen molar-refractivity contribution in [2.24, 2.45) is 5.92 Å². The van der Waals surface area contributed by atoms with E-state index >= 15 is 0 Å². The molecule has 0 aromatic heterocycles. The van der Waals surface area contributed by atoms with E-state index in [-0.39, 0.29) is 29.3 Å². The van der Waals surface area contributed by atoms with Gasteiger partial charge in [0.2, 0.25) is 5.91 Å². The normalized spacial score (nSPS) is 25.3. The summed E-state index contributed by atoms with van der Waals surface area (Å²) in [6.45, 7) is 7.73. The van der Waals surface area contributed by atoms with Crippen molar-refractivity contribution in [1.82, 2.24) is 10.2 Å². The Morgan fingerprint density at radius 2 is 1.97 bits per heavy atom. The molecule has 4 unspecified atom stereocenters. The molecule has 4 rings (SSSR count). The third kappa shape index (κ3) is 7.12. The number of hydrogen-bond acceptors (Lipinski definition) is 5. The first-order valence-corrected chi connectivity index (χ1v) is 14.0. The SMILES string of the molecule is C=CCN1CCC2(c3cccc(OC(C)=O)c3)CC(NC(=O)CCCCCc3ccccc3)CC(O)C2C1. The zero-order chi connectivity index (χ0) is 27.0. The molecule has 6 nitrogen and oxygen atoms in total. The molecule has 1 aliphatic heterocycles. The van der Waals surface area contributed by atoms with E-state index in [0.29, 0.717) is 18.6 Å². The zero-order valence-electron chi connectivity index (χ0n) is 22.6. The summed E-state index contributed by atoms with van der Waals surface area (Å²) in [5, 5.41) is 14.6. The van der Waals surface area contributed by atoms with Gasteiger partial charge in [-0.3, -0.25) is 14.5 Å². The summed E-state index contributed by atoms with van der Waals surface area (Å²) < 4.78 is 5.40. The van der Waals surface area contributed by atoms with E-state index in [4.69, 9.17) is 4.74 Å². The number of rotatable bonds is 11. The highest BCUT2D eigenvalue weighted by molar-refractivity contribution is 5.76. The van der Waals surface area contributed by atoms with Crippen molar-refractivity contribution in [2.75, 3.05) is 19.6 Å². The fourth-order valence-corrected chi connectivity index (χ4v) is 6.52. The van der Waals surface area contributed by atoms with Crippen molar-refractivity contribution in [3.63, 3.8) is 0 Å². The summed E-state index contributed by atoms with van der Waals surface area (Å²) in [4.78, 5) is 26.8. The summed E-state index contributed by atoms with van der Waals surface area (Å²) >= 11 is 0. The quantitative estimate of drug-likeness (QED) is 0.193. The first kappa shape index (κ1) is 28.1. The Balaban J connectivity index is 1.41. The van der Waals surface area contributed by atoms with Crippen LogP contribution in [0, 0.1) is 5.92 Å². The van der Waals surface area contributed by atoms with Gasteiger partial charge < -0.3 is 15.2 Å². The Morgan fingerprint density at radius 1 is 1.16 bits per heavy atom. The number of aliphatic hydroxyl groups excluding tert-OH is 1. The van der Waals surface area contributed by atoms with Gasteiger partial charge in [0.25, 0.3) is 0 Å². The molecule has 6 heteroatoms. The third-order valence-electron chi connectivity index (χ3n) is 8.27. The second kappa shape index (κ2) is 13.2. The minimum atomic E-state index is -0.537. The van der Waals surface area contributed by atoms with Crippen molar-refractivity contribution in [3.8, 4) is 5.75 Å². The molecule has 1 saturated carbocycles. The average Bonchev–Trinajstić information content (AvgIpc) is 2.89. The minimum absolute atomic E-state index is 0.0231. The van der Waals surface area contributed by atoms with Crippen LogP contribution >= 0.6 is 0 Å². The number of ether oxygens (including phenoxy) is 1. The van der Waals surface area contributed by atoms with E-state index in [1.54, 1.807) is 6.07 Å². The molecule has 2 aromatic carbocycles. The van der Waals surface area contributed by atoms with Crippen LogP contribution in [-0.4, -0.2) is 53.7 Å². The van der Waals surface area contributed by atoms with Gasteiger partial charge in [-0.2, -0.15) is 0 Å². The smallest absolute Gasteiger partial charge is 0.308 e. The van der Waals surface area contributed by atoms with Gasteiger partial charge in [-0.1, -0.05) is 55.0 Å². The van der Waals surface area contributed by atoms with E-state index in [1.807, 2.05) is 24.3 Å². The van der Waals surface area contributed by atoms with E-state index < -0.39 is 6.10 Å². The van der Waals surface area contributed by atoms with Crippen molar-refractivity contribution in [2.45, 2.75) is 75.9 Å². The lowest BCUT2D eigenvalue weighted by atomic mass is 9.57. The number of amides is 1. The topological polar surface area (TPSA) is 78.9 Å². The van der Waals surface area contributed by atoms with Crippen LogP contribution in [0.5, 0.6) is 5.75 Å². The highest BCUT2D eigenvalue weighted by atomic mass is 16.5. The standard InChI is InChI=1S/C32H42N2O4/c1-3-18-34-19-17-32(26-14-10-15-28(20-26)38-24(2)35)22-27(21-30(36)29(32)23-34)33-31(37)16-9-5-8-13-25-11-6-4-7-12-25/h3-4,6-7,10-12,14-15,20,27,29-30,36H,1,5,8-9,13,16-19,21-23H2,2H3,(H,33,37). The molecule has 2 aromatic rings. The number of aliphatic hydroxyl groups is 1. The Bertz CT molecular complexity index is 1090. The first-order valence-electron chi connectivity index (χ1n) is 14.0. The number of unbranched alkanes of at least 4 members (excludes halogenated alkanes) is 2. The van der Waals surface area contributed by atoms with Crippen LogP contribution in [0.2, 0.25) is 0 Å². The molecule has 204 valence electrons. The monoisotopic (exact) mass is 518 g/mol. The number of nitrogens with zero attached hydrogens (tertiary/aromatic N) is 1. The predicted octanol–water partition coefficient (Wildman–Crippen LogP) is 4.80. The van der Waals surface area contributed by atoms with E-state index in [9.17, 15) is 14.7 Å². The van der Waals surface area contributed by atoms with E-state index in [1.165, 1.54) is 12.5 Å². The highest BCUT2D eigenvalue weighted by Gasteiger charge is 2.52. The number of likely N-dealkylation sites (tertiary alicyclic amines) is 1. The maximum Gasteiger partial charge on any atom is 0.308 e. The lowest BCUT2D eigenvalue weighted by molar-refractivity contribution is -0.132. The second-order valence-corrected chi connectivity index (χ2v) is 11.0. The molecule has 0 radical (unpaired) electrons. The largest absolute Gasteiger partial charge is 0.427 e. The van der Waals surface area contributed by atoms with Gasteiger partial charge in [0, 0.05) is 43.8 Å². The number of benzene rings is 2. The maximum absolute atomic E-state index is 12.9. The number of hydrogen-bond donors (Lipinski definition) is 2. The van der Waals surface area contributed by atoms with Crippen LogP contribution < -0.4 is 10.1 Å². The van der Waals surface area contributed by atoms with Crippen LogP contribution in [0.25, 0.3) is 0 Å². The van der Waals surface area contributed by atoms with Gasteiger partial charge in [-0.25, -0.2) is 0 Å². The minimum Gasteiger partial charge on any atom is -0.427 e. The molecule has 4 atom stereocenters. The molecule has 0 bridgehead atoms. The predicted molar refractivity (Wildman–Crippen MR) is 150 cm³/mol. The van der Waals surface area contributed by atoms with Crippen LogP contribution in [0.4, 0.5) is 0 Å². The molecule has 1 aliphatic carbocycles. The van der Waals surface area contributed by atoms with E-state index in [0.717, 1.165) is 63.7 Å². The van der Waals surface area contributed by atoms with Crippen molar-refractivity contribution in [1.29, 1.82) is 0 Å². The molecule has 38 heavy (non-hydrogen) atoms. The maximum atomic E-state index is 12.9. The molecule has 2 N–H and O–H groups in total. The summed E-state index contributed by atoms with van der Waals surface area (Å²) in [6.07, 6.45) is 8.05. The fourth-order valence-electron chi connectivity index (χ4n) is 6.52. The van der Waals surface area contributed by atoms with Gasteiger partial charge >= 0.3 is 5.97 Å². The van der Waals surface area contributed by atoms with E-state index in [2.05, 4.69) is 47.1 Å². The molecule has 1 saturated heterocycles. The summed E-state index contributed by atoms with van der Waals surface area (Å²) in [6, 6.07) is 18.1. The average molecular weight is 519 g/mol. The summed E-state index contributed by atoms with van der Waals surface area (Å²) in [7, 11) is 0. The highest BCUT2D eigenvalue weighted by Crippen LogP contribution is 2.49. The number of carbonyl (C=O) groups is 2. The second-order valence-electron chi connectivity index (χ2n) is 11.0. The van der Waals surface area contributed by atoms with Gasteiger partial charge in [0.05, 0.1) is 6.10 Å². The molecule has 1 amide bonds. The van der Waals surface area contributed by atoms with Crippen molar-refractivity contribution in [3.05, 3.63) is 78.4 Å². The number of nitrogens with one attached hydrogen (secondary N) is 1. The lowest BCUT2D eigenvalue weighted by Crippen LogP contribution is -2.61. The summed E-state index contributed by atoms with van der Waals surface area (Å²) in [5.74, 6) is 0.255. The number of piperidine rings is 1. The van der Waals surface area contributed by atoms with Crippen molar-refractivity contribution < 1.29 is 19.4 Å². The molecular weight excluding hydrogens is 476 g/mol. The number of esters is 1. The third-order valence-corrected chi connectivity index (χ3v) is 8.27. The number of fused-ring (bicyclic) bond motifs is 1. The fraction of sp³-hybridized carbons (Fsp3) is 0.500. The molecule has 2 aliphatic rings. The number of carbonyl (C=O) groups excluding carboxylic acids is 2. The Kier molecular flexibility index (Phi) is 9.75. The zero-order valence-corrected chi connectivity index (χ0v) is 22.6. The van der Waals surface area contributed by atoms with Crippen molar-refractivity contribution >= 4 is 11.9 Å². The molecular formula is C32H42N2O4.